The lowest BCUT2D eigenvalue weighted by Gasteiger charge is -2.41. The molecule has 1 saturated carbocycles. The molecule has 0 aromatic heterocycles. The van der Waals surface area contributed by atoms with Crippen LogP contribution in [0.3, 0.4) is 0 Å². The van der Waals surface area contributed by atoms with E-state index in [1.54, 1.807) is 0 Å². The lowest BCUT2D eigenvalue weighted by atomic mass is 9.66. The van der Waals surface area contributed by atoms with Crippen molar-refractivity contribution in [2.75, 3.05) is 0 Å². The van der Waals surface area contributed by atoms with E-state index >= 15 is 0 Å². The van der Waals surface area contributed by atoms with Gasteiger partial charge in [0.05, 0.1) is 6.42 Å². The van der Waals surface area contributed by atoms with Crippen LogP contribution in [0, 0.1) is 22.7 Å². The number of carbonyl (C=O) groups is 2. The highest BCUT2D eigenvalue weighted by molar-refractivity contribution is 5.90. The molecule has 4 nitrogen and oxygen atoms in total. The Kier molecular flexibility index (Phi) is 2.29. The van der Waals surface area contributed by atoms with E-state index in [-0.39, 0.29) is 35.1 Å². The second kappa shape index (κ2) is 3.50. The van der Waals surface area contributed by atoms with Crippen LogP contribution in [0.15, 0.2) is 24.0 Å². The summed E-state index contributed by atoms with van der Waals surface area (Å²) in [6.45, 7) is 8.28. The molecule has 1 N–H and O–H groups in total. The van der Waals surface area contributed by atoms with Crippen LogP contribution >= 0.6 is 0 Å². The first-order valence-electron chi connectivity index (χ1n) is 6.61. The van der Waals surface area contributed by atoms with Crippen LogP contribution in [0.1, 0.15) is 33.1 Å². The van der Waals surface area contributed by atoms with E-state index in [4.69, 9.17) is 4.74 Å². The first-order chi connectivity index (χ1) is 8.76. The zero-order valence-electron chi connectivity index (χ0n) is 11.2. The van der Waals surface area contributed by atoms with E-state index in [1.165, 1.54) is 0 Å². The third kappa shape index (κ3) is 1.52. The third-order valence-corrected chi connectivity index (χ3v) is 4.96. The highest BCUT2D eigenvalue weighted by Crippen LogP contribution is 2.67. The van der Waals surface area contributed by atoms with E-state index in [0.29, 0.717) is 11.3 Å². The van der Waals surface area contributed by atoms with Crippen molar-refractivity contribution in [1.29, 1.82) is 0 Å². The van der Waals surface area contributed by atoms with Gasteiger partial charge in [-0.3, -0.25) is 4.79 Å². The minimum Gasteiger partial charge on any atom is -0.478 e. The summed E-state index contributed by atoms with van der Waals surface area (Å²) in [5, 5.41) is 9.36. The minimum atomic E-state index is -0.918. The zero-order chi connectivity index (χ0) is 14.0. The number of carboxylic acid groups (broad SMARTS) is 1. The monoisotopic (exact) mass is 262 g/mol. The number of rotatable bonds is 1. The van der Waals surface area contributed by atoms with E-state index < -0.39 is 5.97 Å². The SMILES string of the molecule is C=C1OC(=O)C[C@H]2C(C(=O)O)=CC3CC(C)(C)C[C@@]132. The predicted molar refractivity (Wildman–Crippen MR) is 68.0 cm³/mol. The Morgan fingerprint density at radius 3 is 2.84 bits per heavy atom. The summed E-state index contributed by atoms with van der Waals surface area (Å²) in [6, 6.07) is 0. The fourth-order valence-corrected chi connectivity index (χ4v) is 4.43. The van der Waals surface area contributed by atoms with Crippen LogP contribution in [-0.2, 0) is 14.3 Å². The van der Waals surface area contributed by atoms with E-state index in [9.17, 15) is 14.7 Å². The highest BCUT2D eigenvalue weighted by Gasteiger charge is 2.63. The Balaban J connectivity index is 2.11. The number of allylic oxidation sites excluding steroid dienone is 2. The van der Waals surface area contributed by atoms with Gasteiger partial charge in [-0.05, 0) is 24.2 Å². The maximum Gasteiger partial charge on any atom is 0.331 e. The maximum absolute atomic E-state index is 11.6. The lowest BCUT2D eigenvalue weighted by Crippen LogP contribution is -2.41. The number of aliphatic carboxylic acids is 1. The van der Waals surface area contributed by atoms with Crippen molar-refractivity contribution < 1.29 is 19.4 Å². The van der Waals surface area contributed by atoms with Crippen molar-refractivity contribution in [2.24, 2.45) is 22.7 Å². The molecule has 1 saturated heterocycles. The second-order valence-corrected chi connectivity index (χ2v) is 6.77. The molecule has 0 bridgehead atoms. The number of hydrogen-bond donors (Lipinski definition) is 1. The van der Waals surface area contributed by atoms with Crippen LogP contribution in [-0.4, -0.2) is 17.0 Å². The molecule has 19 heavy (non-hydrogen) atoms. The molecule has 0 amide bonds. The predicted octanol–water partition coefficient (Wildman–Crippen LogP) is 2.51. The van der Waals surface area contributed by atoms with Gasteiger partial charge in [0.1, 0.15) is 5.76 Å². The first-order valence-corrected chi connectivity index (χ1v) is 6.61. The average Bonchev–Trinajstić information content (AvgIpc) is 2.68. The standard InChI is InChI=1S/C15H18O4/c1-8-15-7-14(2,3)6-9(15)4-10(13(17)18)11(15)5-12(16)19-8/h4,9,11H,1,5-7H2,2-3H3,(H,17,18)/t9?,11-,15+/m0/s1. The smallest absolute Gasteiger partial charge is 0.331 e. The van der Waals surface area contributed by atoms with Crippen LogP contribution in [0.2, 0.25) is 0 Å². The molecule has 3 rings (SSSR count). The van der Waals surface area contributed by atoms with Crippen molar-refractivity contribution in [3.8, 4) is 0 Å². The minimum absolute atomic E-state index is 0.121. The molecule has 1 aliphatic heterocycles. The molecule has 4 heteroatoms. The zero-order valence-corrected chi connectivity index (χ0v) is 11.2. The summed E-state index contributed by atoms with van der Waals surface area (Å²) < 4.78 is 5.27. The number of cyclic esters (lactones) is 1. The molecule has 1 unspecified atom stereocenters. The fraction of sp³-hybridized carbons (Fsp3) is 0.600. The summed E-state index contributed by atoms with van der Waals surface area (Å²) >= 11 is 0. The van der Waals surface area contributed by atoms with Gasteiger partial charge in [-0.15, -0.1) is 0 Å². The van der Waals surface area contributed by atoms with Crippen LogP contribution in [0.4, 0.5) is 0 Å². The number of carbonyl (C=O) groups excluding carboxylic acids is 1. The molecule has 0 aromatic rings. The Bertz CT molecular complexity index is 528. The molecule has 3 aliphatic rings. The molecule has 0 aromatic carbocycles. The molecular formula is C15H18O4. The molecule has 0 radical (unpaired) electrons. The van der Waals surface area contributed by atoms with Gasteiger partial charge in [-0.1, -0.05) is 26.5 Å². The fourth-order valence-electron chi connectivity index (χ4n) is 4.43. The molecule has 102 valence electrons. The van der Waals surface area contributed by atoms with Gasteiger partial charge in [0.15, 0.2) is 0 Å². The first kappa shape index (κ1) is 12.5. The van der Waals surface area contributed by atoms with Crippen molar-refractivity contribution >= 4 is 11.9 Å². The molecular weight excluding hydrogens is 244 g/mol. The van der Waals surface area contributed by atoms with Crippen LogP contribution < -0.4 is 0 Å². The summed E-state index contributed by atoms with van der Waals surface area (Å²) in [7, 11) is 0. The van der Waals surface area contributed by atoms with Gasteiger partial charge in [0, 0.05) is 16.9 Å². The molecule has 2 aliphatic carbocycles. The Morgan fingerprint density at radius 1 is 1.53 bits per heavy atom. The Labute approximate surface area is 112 Å². The molecule has 1 heterocycles. The van der Waals surface area contributed by atoms with Gasteiger partial charge < -0.3 is 9.84 Å². The summed E-state index contributed by atoms with van der Waals surface area (Å²) in [5.41, 5.74) is 0.111. The van der Waals surface area contributed by atoms with Crippen molar-refractivity contribution in [3.63, 3.8) is 0 Å². The normalized spacial score (nSPS) is 39.4. The molecule has 2 fully saturated rings. The average molecular weight is 262 g/mol. The van der Waals surface area contributed by atoms with Gasteiger partial charge in [-0.2, -0.15) is 0 Å². The van der Waals surface area contributed by atoms with Crippen molar-refractivity contribution in [3.05, 3.63) is 24.0 Å². The van der Waals surface area contributed by atoms with E-state index in [1.807, 2.05) is 6.08 Å². The quantitative estimate of drug-likeness (QED) is 0.737. The topological polar surface area (TPSA) is 63.6 Å². The third-order valence-electron chi connectivity index (χ3n) is 4.96. The maximum atomic E-state index is 11.6. The summed E-state index contributed by atoms with van der Waals surface area (Å²) in [6.07, 6.45) is 3.74. The molecule has 1 spiro atoms. The number of carboxylic acids is 1. The second-order valence-electron chi connectivity index (χ2n) is 6.77. The number of ether oxygens (including phenoxy) is 1. The Hall–Kier alpha value is -1.58. The molecule has 3 atom stereocenters. The number of hydrogen-bond acceptors (Lipinski definition) is 3. The van der Waals surface area contributed by atoms with Gasteiger partial charge in [0.2, 0.25) is 0 Å². The van der Waals surface area contributed by atoms with Gasteiger partial charge >= 0.3 is 11.9 Å². The number of esters is 1. The lowest BCUT2D eigenvalue weighted by molar-refractivity contribution is -0.150. The van der Waals surface area contributed by atoms with E-state index in [2.05, 4.69) is 20.4 Å². The van der Waals surface area contributed by atoms with Crippen LogP contribution in [0.25, 0.3) is 0 Å². The largest absolute Gasteiger partial charge is 0.478 e. The summed E-state index contributed by atoms with van der Waals surface area (Å²) in [5.74, 6) is -0.959. The van der Waals surface area contributed by atoms with Crippen LogP contribution in [0.5, 0.6) is 0 Å². The van der Waals surface area contributed by atoms with Gasteiger partial charge in [0.25, 0.3) is 0 Å². The highest BCUT2D eigenvalue weighted by atomic mass is 16.5. The van der Waals surface area contributed by atoms with Crippen molar-refractivity contribution in [2.45, 2.75) is 33.1 Å². The summed E-state index contributed by atoms with van der Waals surface area (Å²) in [4.78, 5) is 23.0. The van der Waals surface area contributed by atoms with Crippen molar-refractivity contribution in [1.82, 2.24) is 0 Å². The Morgan fingerprint density at radius 2 is 2.21 bits per heavy atom. The van der Waals surface area contributed by atoms with Gasteiger partial charge in [-0.25, -0.2) is 4.79 Å². The van der Waals surface area contributed by atoms with E-state index in [0.717, 1.165) is 12.8 Å².